The highest BCUT2D eigenvalue weighted by Crippen LogP contribution is 2.41. The molecule has 2 aromatic carbocycles. The number of aromatic hydroxyl groups is 4. The summed E-state index contributed by atoms with van der Waals surface area (Å²) in [7, 11) is 0. The Bertz CT molecular complexity index is 896. The number of hydrogen-bond donors (Lipinski definition) is 4. The monoisotopic (exact) mass is 286 g/mol. The minimum absolute atomic E-state index is 0.159. The molecule has 3 aromatic rings. The lowest BCUT2D eigenvalue weighted by Crippen LogP contribution is -2.03. The van der Waals surface area contributed by atoms with Crippen LogP contribution < -0.4 is 5.43 Å². The normalized spacial score (nSPS) is 10.9. The molecule has 0 unspecified atom stereocenters. The predicted molar refractivity (Wildman–Crippen MR) is 74.6 cm³/mol. The van der Waals surface area contributed by atoms with Gasteiger partial charge in [-0.3, -0.25) is 4.79 Å². The zero-order chi connectivity index (χ0) is 15.1. The third kappa shape index (κ3) is 1.85. The first-order valence-electron chi connectivity index (χ1n) is 5.99. The zero-order valence-corrected chi connectivity index (χ0v) is 10.6. The van der Waals surface area contributed by atoms with Crippen molar-refractivity contribution in [2.45, 2.75) is 0 Å². The Morgan fingerprint density at radius 2 is 1.52 bits per heavy atom. The Hall–Kier alpha value is -3.15. The van der Waals surface area contributed by atoms with E-state index in [1.54, 1.807) is 30.3 Å². The van der Waals surface area contributed by atoms with Crippen molar-refractivity contribution in [3.63, 3.8) is 0 Å². The van der Waals surface area contributed by atoms with Crippen LogP contribution in [0.3, 0.4) is 0 Å². The third-order valence-electron chi connectivity index (χ3n) is 3.11. The fraction of sp³-hybridized carbons (Fsp3) is 0. The summed E-state index contributed by atoms with van der Waals surface area (Å²) in [6.07, 6.45) is 0. The molecule has 0 aliphatic rings. The maximum Gasteiger partial charge on any atom is 0.238 e. The number of benzene rings is 2. The smallest absolute Gasteiger partial charge is 0.238 e. The van der Waals surface area contributed by atoms with E-state index in [1.165, 1.54) is 0 Å². The van der Waals surface area contributed by atoms with Crippen molar-refractivity contribution < 1.29 is 24.8 Å². The van der Waals surface area contributed by atoms with E-state index in [-0.39, 0.29) is 5.76 Å². The Kier molecular flexibility index (Phi) is 2.72. The van der Waals surface area contributed by atoms with Crippen LogP contribution in [-0.2, 0) is 0 Å². The van der Waals surface area contributed by atoms with Gasteiger partial charge >= 0.3 is 0 Å². The Balaban J connectivity index is 2.48. The zero-order valence-electron chi connectivity index (χ0n) is 10.6. The van der Waals surface area contributed by atoms with Crippen LogP contribution >= 0.6 is 0 Å². The quantitative estimate of drug-likeness (QED) is 0.403. The summed E-state index contributed by atoms with van der Waals surface area (Å²) >= 11 is 0. The van der Waals surface area contributed by atoms with Gasteiger partial charge in [0.1, 0.15) is 11.1 Å². The molecule has 0 aliphatic carbocycles. The molecule has 106 valence electrons. The molecule has 0 saturated carbocycles. The second kappa shape index (κ2) is 4.45. The highest BCUT2D eigenvalue weighted by atomic mass is 16.4. The van der Waals surface area contributed by atoms with Crippen LogP contribution in [0.1, 0.15) is 0 Å². The van der Waals surface area contributed by atoms with Gasteiger partial charge in [-0.25, -0.2) is 0 Å². The lowest BCUT2D eigenvalue weighted by Gasteiger charge is -2.09. The Morgan fingerprint density at radius 3 is 2.19 bits per heavy atom. The van der Waals surface area contributed by atoms with E-state index in [0.717, 1.165) is 6.07 Å². The summed E-state index contributed by atoms with van der Waals surface area (Å²) in [6.45, 7) is 0. The van der Waals surface area contributed by atoms with Crippen LogP contribution in [0.5, 0.6) is 23.0 Å². The molecule has 6 heteroatoms. The Morgan fingerprint density at radius 1 is 0.857 bits per heavy atom. The highest BCUT2D eigenvalue weighted by Gasteiger charge is 2.22. The van der Waals surface area contributed by atoms with Crippen LogP contribution in [0.25, 0.3) is 22.3 Å². The predicted octanol–water partition coefficient (Wildman–Crippen LogP) is 2.28. The van der Waals surface area contributed by atoms with Gasteiger partial charge < -0.3 is 24.8 Å². The van der Waals surface area contributed by atoms with Crippen molar-refractivity contribution in [3.8, 4) is 34.3 Å². The van der Waals surface area contributed by atoms with E-state index in [9.17, 15) is 25.2 Å². The van der Waals surface area contributed by atoms with Gasteiger partial charge in [0.2, 0.25) is 16.9 Å². The first-order valence-corrected chi connectivity index (χ1v) is 5.99. The third-order valence-corrected chi connectivity index (χ3v) is 3.11. The first kappa shape index (κ1) is 12.9. The van der Waals surface area contributed by atoms with Crippen LogP contribution in [-0.4, -0.2) is 20.4 Å². The maximum atomic E-state index is 12.1. The van der Waals surface area contributed by atoms with Crippen molar-refractivity contribution in [2.75, 3.05) is 0 Å². The van der Waals surface area contributed by atoms with Crippen LogP contribution in [0.2, 0.25) is 0 Å². The number of rotatable bonds is 1. The maximum absolute atomic E-state index is 12.1. The lowest BCUT2D eigenvalue weighted by molar-refractivity contribution is 0.390. The summed E-state index contributed by atoms with van der Waals surface area (Å²) < 4.78 is 5.33. The van der Waals surface area contributed by atoms with Gasteiger partial charge in [-0.1, -0.05) is 30.3 Å². The van der Waals surface area contributed by atoms with Crippen molar-refractivity contribution in [1.82, 2.24) is 0 Å². The molecule has 6 nitrogen and oxygen atoms in total. The van der Waals surface area contributed by atoms with Crippen molar-refractivity contribution in [3.05, 3.63) is 46.6 Å². The van der Waals surface area contributed by atoms with Crippen molar-refractivity contribution in [2.24, 2.45) is 0 Å². The number of phenols is 3. The summed E-state index contributed by atoms with van der Waals surface area (Å²) in [5, 5.41) is 38.6. The molecule has 4 N–H and O–H groups in total. The van der Waals surface area contributed by atoms with Gasteiger partial charge in [0, 0.05) is 11.6 Å². The van der Waals surface area contributed by atoms with E-state index in [0.29, 0.717) is 5.56 Å². The van der Waals surface area contributed by atoms with E-state index < -0.39 is 39.4 Å². The van der Waals surface area contributed by atoms with Gasteiger partial charge in [0.15, 0.2) is 17.1 Å². The Labute approximate surface area is 117 Å². The highest BCUT2D eigenvalue weighted by molar-refractivity contribution is 5.92. The molecular weight excluding hydrogens is 276 g/mol. The molecule has 0 atom stereocenters. The van der Waals surface area contributed by atoms with Crippen LogP contribution in [0.15, 0.2) is 45.6 Å². The van der Waals surface area contributed by atoms with E-state index in [2.05, 4.69) is 0 Å². The summed E-state index contributed by atoms with van der Waals surface area (Å²) in [6, 6.07) is 9.11. The van der Waals surface area contributed by atoms with Crippen LogP contribution in [0.4, 0.5) is 0 Å². The second-order valence-corrected chi connectivity index (χ2v) is 4.44. The molecule has 3 rings (SSSR count). The molecule has 0 spiro atoms. The average molecular weight is 286 g/mol. The topological polar surface area (TPSA) is 111 Å². The molecule has 0 amide bonds. The SMILES string of the molecule is O=c1c(O)c(-c2ccccc2)oc2c(O)c(O)cc(O)c12. The average Bonchev–Trinajstić information content (AvgIpc) is 2.48. The first-order chi connectivity index (χ1) is 10.0. The van der Waals surface area contributed by atoms with Gasteiger partial charge in [-0.2, -0.15) is 0 Å². The molecule has 0 saturated heterocycles. The number of phenolic OH excluding ortho intramolecular Hbond substituents is 3. The standard InChI is InChI=1S/C15H10O6/c16-8-6-9(17)11(18)15-10(8)12(19)13(20)14(21-15)7-4-2-1-3-5-7/h1-6,16-18,20H. The summed E-state index contributed by atoms with van der Waals surface area (Å²) in [4.78, 5) is 12.1. The minimum atomic E-state index is -0.900. The van der Waals surface area contributed by atoms with Crippen molar-refractivity contribution in [1.29, 1.82) is 0 Å². The molecule has 0 radical (unpaired) electrons. The molecule has 0 aliphatic heterocycles. The molecule has 0 bridgehead atoms. The largest absolute Gasteiger partial charge is 0.507 e. The van der Waals surface area contributed by atoms with Crippen LogP contribution in [0, 0.1) is 0 Å². The summed E-state index contributed by atoms with van der Waals surface area (Å²) in [5.41, 5.74) is -0.881. The second-order valence-electron chi connectivity index (χ2n) is 4.44. The van der Waals surface area contributed by atoms with Crippen molar-refractivity contribution >= 4 is 11.0 Å². The molecule has 1 heterocycles. The molecule has 0 fully saturated rings. The number of hydrogen-bond acceptors (Lipinski definition) is 6. The molecular formula is C15H10O6. The molecule has 21 heavy (non-hydrogen) atoms. The lowest BCUT2D eigenvalue weighted by atomic mass is 10.1. The van der Waals surface area contributed by atoms with E-state index in [4.69, 9.17) is 4.42 Å². The van der Waals surface area contributed by atoms with Gasteiger partial charge in [-0.05, 0) is 0 Å². The van der Waals surface area contributed by atoms with E-state index >= 15 is 0 Å². The van der Waals surface area contributed by atoms with Gasteiger partial charge in [-0.15, -0.1) is 0 Å². The summed E-state index contributed by atoms with van der Waals surface area (Å²) in [5.74, 6) is -2.75. The number of fused-ring (bicyclic) bond motifs is 1. The molecule has 1 aromatic heterocycles. The van der Waals surface area contributed by atoms with Gasteiger partial charge in [0.05, 0.1) is 0 Å². The van der Waals surface area contributed by atoms with Gasteiger partial charge in [0.25, 0.3) is 0 Å². The van der Waals surface area contributed by atoms with E-state index in [1.807, 2.05) is 0 Å². The minimum Gasteiger partial charge on any atom is -0.507 e. The fourth-order valence-electron chi connectivity index (χ4n) is 2.10. The fourth-order valence-corrected chi connectivity index (χ4v) is 2.10.